The lowest BCUT2D eigenvalue weighted by molar-refractivity contribution is -0.139. The highest BCUT2D eigenvalue weighted by atomic mass is 19.1. The summed E-state index contributed by atoms with van der Waals surface area (Å²) in [5.74, 6) is -0.329. The number of rotatable bonds is 19. The van der Waals surface area contributed by atoms with Gasteiger partial charge in [0, 0.05) is 5.57 Å². The molecule has 0 fully saturated rings. The van der Waals surface area contributed by atoms with Crippen LogP contribution in [-0.4, -0.2) is 18.7 Å². The van der Waals surface area contributed by atoms with E-state index in [0.29, 0.717) is 25.0 Å². The number of hydrogen-bond donors (Lipinski definition) is 0. The summed E-state index contributed by atoms with van der Waals surface area (Å²) >= 11 is 0. The summed E-state index contributed by atoms with van der Waals surface area (Å²) in [6.07, 6.45) is 17.7. The van der Waals surface area contributed by atoms with Crippen LogP contribution < -0.4 is 0 Å². The van der Waals surface area contributed by atoms with E-state index in [1.165, 1.54) is 64.2 Å². The molecule has 154 valence electrons. The van der Waals surface area contributed by atoms with E-state index >= 15 is 0 Å². The third-order valence-electron chi connectivity index (χ3n) is 4.86. The van der Waals surface area contributed by atoms with Crippen molar-refractivity contribution in [2.75, 3.05) is 6.61 Å². The van der Waals surface area contributed by atoms with Crippen molar-refractivity contribution in [3.05, 3.63) is 12.2 Å². The highest BCUT2D eigenvalue weighted by Crippen LogP contribution is 2.16. The van der Waals surface area contributed by atoms with Crippen LogP contribution >= 0.6 is 0 Å². The fourth-order valence-corrected chi connectivity index (χ4v) is 3.11. The average Bonchev–Trinajstić information content (AvgIpc) is 2.62. The fraction of sp³-hybridized carbons (Fsp3) is 0.870. The van der Waals surface area contributed by atoms with Crippen LogP contribution in [0.2, 0.25) is 0 Å². The first kappa shape index (κ1) is 25.1. The van der Waals surface area contributed by atoms with Crippen molar-refractivity contribution in [3.8, 4) is 0 Å². The van der Waals surface area contributed by atoms with E-state index in [1.54, 1.807) is 6.92 Å². The molecule has 26 heavy (non-hydrogen) atoms. The molecule has 2 nitrogen and oxygen atoms in total. The minimum Gasteiger partial charge on any atom is -0.462 e. The molecular weight excluding hydrogens is 327 g/mol. The van der Waals surface area contributed by atoms with E-state index in [1.807, 2.05) is 0 Å². The number of alkyl halides is 1. The van der Waals surface area contributed by atoms with Gasteiger partial charge in [0.05, 0.1) is 6.61 Å². The van der Waals surface area contributed by atoms with Crippen LogP contribution in [0.3, 0.4) is 0 Å². The molecule has 3 heteroatoms. The van der Waals surface area contributed by atoms with Crippen molar-refractivity contribution in [2.24, 2.45) is 0 Å². The number of unbranched alkanes of at least 4 members (excludes halogenated alkanes) is 12. The molecule has 0 saturated carbocycles. The van der Waals surface area contributed by atoms with Gasteiger partial charge in [-0.2, -0.15) is 0 Å². The Labute approximate surface area is 162 Å². The number of hydrogen-bond acceptors (Lipinski definition) is 2. The van der Waals surface area contributed by atoms with Gasteiger partial charge in [-0.25, -0.2) is 9.18 Å². The predicted octanol–water partition coefficient (Wildman–Crippen LogP) is 7.71. The summed E-state index contributed by atoms with van der Waals surface area (Å²) in [7, 11) is 0. The highest BCUT2D eigenvalue weighted by molar-refractivity contribution is 5.86. The molecule has 0 rings (SSSR count). The van der Waals surface area contributed by atoms with Gasteiger partial charge < -0.3 is 4.74 Å². The van der Waals surface area contributed by atoms with Crippen molar-refractivity contribution in [1.82, 2.24) is 0 Å². The SMILES string of the molecule is C=C(C)C(=O)OCCCCCC(F)CCCCCCCCCCCCC. The lowest BCUT2D eigenvalue weighted by atomic mass is 10.0. The lowest BCUT2D eigenvalue weighted by Crippen LogP contribution is -2.06. The number of ether oxygens (including phenoxy) is 1. The lowest BCUT2D eigenvalue weighted by Gasteiger charge is -2.08. The van der Waals surface area contributed by atoms with Crippen molar-refractivity contribution in [3.63, 3.8) is 0 Å². The largest absolute Gasteiger partial charge is 0.462 e. The summed E-state index contributed by atoms with van der Waals surface area (Å²) in [6.45, 7) is 7.86. The summed E-state index contributed by atoms with van der Waals surface area (Å²) in [5, 5.41) is 0. The summed E-state index contributed by atoms with van der Waals surface area (Å²) in [5.41, 5.74) is 0.431. The summed E-state index contributed by atoms with van der Waals surface area (Å²) in [6, 6.07) is 0. The van der Waals surface area contributed by atoms with Crippen LogP contribution in [0.15, 0.2) is 12.2 Å². The standard InChI is InChI=1S/C23H43FO2/c1-4-5-6-7-8-9-10-11-12-13-15-18-22(24)19-16-14-17-20-26-23(25)21(2)3/h22H,2,4-20H2,1,3H3. The molecule has 0 aromatic carbocycles. The zero-order valence-electron chi connectivity index (χ0n) is 17.5. The van der Waals surface area contributed by atoms with Crippen LogP contribution in [0.5, 0.6) is 0 Å². The van der Waals surface area contributed by atoms with Gasteiger partial charge in [0.2, 0.25) is 0 Å². The van der Waals surface area contributed by atoms with Crippen molar-refractivity contribution in [1.29, 1.82) is 0 Å². The van der Waals surface area contributed by atoms with Gasteiger partial charge >= 0.3 is 5.97 Å². The van der Waals surface area contributed by atoms with E-state index in [4.69, 9.17) is 4.74 Å². The molecule has 0 heterocycles. The average molecular weight is 371 g/mol. The molecule has 0 amide bonds. The maximum Gasteiger partial charge on any atom is 0.333 e. The number of carbonyl (C=O) groups excluding carboxylic acids is 1. The Kier molecular flexibility index (Phi) is 18.3. The maximum atomic E-state index is 13.8. The van der Waals surface area contributed by atoms with Gasteiger partial charge in [-0.3, -0.25) is 0 Å². The Morgan fingerprint density at radius 3 is 1.69 bits per heavy atom. The first-order valence-corrected chi connectivity index (χ1v) is 11.0. The van der Waals surface area contributed by atoms with Gasteiger partial charge in [0.25, 0.3) is 0 Å². The molecule has 0 aromatic rings. The molecule has 1 unspecified atom stereocenters. The van der Waals surface area contributed by atoms with Gasteiger partial charge in [0.15, 0.2) is 0 Å². The second kappa shape index (κ2) is 18.9. The maximum absolute atomic E-state index is 13.8. The van der Waals surface area contributed by atoms with Crippen LogP contribution in [-0.2, 0) is 9.53 Å². The number of carbonyl (C=O) groups is 1. The van der Waals surface area contributed by atoms with Crippen molar-refractivity contribution >= 4 is 5.97 Å². The van der Waals surface area contributed by atoms with Gasteiger partial charge in [-0.1, -0.05) is 90.6 Å². The van der Waals surface area contributed by atoms with Gasteiger partial charge in [-0.15, -0.1) is 0 Å². The molecule has 0 aliphatic heterocycles. The summed E-state index contributed by atoms with van der Waals surface area (Å²) < 4.78 is 18.8. The molecule has 0 N–H and O–H groups in total. The van der Waals surface area contributed by atoms with E-state index in [0.717, 1.165) is 25.7 Å². The molecule has 0 saturated heterocycles. The Morgan fingerprint density at radius 1 is 0.808 bits per heavy atom. The third kappa shape index (κ3) is 17.9. The molecule has 1 atom stereocenters. The first-order chi connectivity index (χ1) is 12.6. The zero-order chi connectivity index (χ0) is 19.5. The van der Waals surface area contributed by atoms with E-state index < -0.39 is 6.17 Å². The monoisotopic (exact) mass is 370 g/mol. The predicted molar refractivity (Wildman–Crippen MR) is 110 cm³/mol. The topological polar surface area (TPSA) is 26.3 Å². The van der Waals surface area contributed by atoms with Crippen molar-refractivity contribution in [2.45, 2.75) is 123 Å². The molecule has 0 bridgehead atoms. The second-order valence-corrected chi connectivity index (χ2v) is 7.69. The molecule has 0 radical (unpaired) electrons. The smallest absolute Gasteiger partial charge is 0.333 e. The Balaban J connectivity index is 3.23. The van der Waals surface area contributed by atoms with Crippen LogP contribution in [0, 0.1) is 0 Å². The van der Waals surface area contributed by atoms with Crippen LogP contribution in [0.25, 0.3) is 0 Å². The Morgan fingerprint density at radius 2 is 1.23 bits per heavy atom. The second-order valence-electron chi connectivity index (χ2n) is 7.69. The molecule has 0 aliphatic carbocycles. The first-order valence-electron chi connectivity index (χ1n) is 11.0. The fourth-order valence-electron chi connectivity index (χ4n) is 3.11. The highest BCUT2D eigenvalue weighted by Gasteiger charge is 2.06. The van der Waals surface area contributed by atoms with E-state index in [9.17, 15) is 9.18 Å². The van der Waals surface area contributed by atoms with Crippen molar-refractivity contribution < 1.29 is 13.9 Å². The zero-order valence-corrected chi connectivity index (χ0v) is 17.5. The molecule has 0 aliphatic rings. The number of esters is 1. The molecular formula is C23H43FO2. The Bertz CT molecular complexity index is 341. The number of halogens is 1. The molecule has 0 aromatic heterocycles. The van der Waals surface area contributed by atoms with E-state index in [2.05, 4.69) is 13.5 Å². The third-order valence-corrected chi connectivity index (χ3v) is 4.86. The van der Waals surface area contributed by atoms with Gasteiger partial charge in [0.1, 0.15) is 6.17 Å². The summed E-state index contributed by atoms with van der Waals surface area (Å²) in [4.78, 5) is 11.2. The van der Waals surface area contributed by atoms with E-state index in [-0.39, 0.29) is 5.97 Å². The Hall–Kier alpha value is -0.860. The normalized spacial score (nSPS) is 12.1. The van der Waals surface area contributed by atoms with Crippen LogP contribution in [0.4, 0.5) is 4.39 Å². The minimum absolute atomic E-state index is 0.329. The van der Waals surface area contributed by atoms with Crippen LogP contribution in [0.1, 0.15) is 117 Å². The minimum atomic E-state index is -0.661. The quantitative estimate of drug-likeness (QED) is 0.132. The molecule has 0 spiro atoms. The van der Waals surface area contributed by atoms with Gasteiger partial charge in [-0.05, 0) is 32.6 Å².